The maximum atomic E-state index is 12.9. The molecule has 0 radical (unpaired) electrons. The number of ether oxygens (including phenoxy) is 3. The van der Waals surface area contributed by atoms with Crippen LogP contribution in [-0.4, -0.2) is 66.0 Å². The number of nitrogens with zero attached hydrogens (tertiary/aromatic N) is 4. The number of amides is 1. The highest BCUT2D eigenvalue weighted by molar-refractivity contribution is 7.18. The van der Waals surface area contributed by atoms with Crippen molar-refractivity contribution >= 4 is 22.4 Å². The lowest BCUT2D eigenvalue weighted by atomic mass is 10.1. The van der Waals surface area contributed by atoms with Crippen molar-refractivity contribution in [1.82, 2.24) is 20.1 Å². The number of hydrogen-bond donors (Lipinski definition) is 1. The third kappa shape index (κ3) is 6.11. The minimum atomic E-state index is -0.308. The summed E-state index contributed by atoms with van der Waals surface area (Å²) in [7, 11) is 1.56. The number of anilines is 1. The second kappa shape index (κ2) is 11.9. The second-order valence-corrected chi connectivity index (χ2v) is 9.33. The Bertz CT molecular complexity index is 1310. The lowest BCUT2D eigenvalue weighted by Gasteiger charge is -2.34. The molecule has 1 N–H and O–H groups in total. The molecule has 1 atom stereocenters. The van der Waals surface area contributed by atoms with Gasteiger partial charge in [0.05, 0.1) is 26.4 Å². The molecule has 5 rings (SSSR count). The van der Waals surface area contributed by atoms with E-state index in [1.165, 1.54) is 16.9 Å². The van der Waals surface area contributed by atoms with Gasteiger partial charge in [0.25, 0.3) is 5.91 Å². The lowest BCUT2D eigenvalue weighted by molar-refractivity contribution is 0.00515. The fraction of sp³-hybridized carbons (Fsp3) is 0.259. The minimum absolute atomic E-state index is 0.0739. The van der Waals surface area contributed by atoms with Crippen LogP contribution in [0.4, 0.5) is 5.13 Å². The minimum Gasteiger partial charge on any atom is -0.493 e. The molecular weight excluding hydrogens is 490 g/mol. The van der Waals surface area contributed by atoms with Gasteiger partial charge in [-0.2, -0.15) is 0 Å². The van der Waals surface area contributed by atoms with Crippen molar-refractivity contribution in [2.45, 2.75) is 6.04 Å². The summed E-state index contributed by atoms with van der Waals surface area (Å²) in [6.07, 6.45) is 3.38. The van der Waals surface area contributed by atoms with Crippen molar-refractivity contribution in [3.63, 3.8) is 0 Å². The van der Waals surface area contributed by atoms with Crippen molar-refractivity contribution in [2.75, 3.05) is 45.3 Å². The van der Waals surface area contributed by atoms with Crippen LogP contribution in [0.2, 0.25) is 0 Å². The van der Waals surface area contributed by atoms with Crippen LogP contribution in [-0.2, 0) is 4.74 Å². The summed E-state index contributed by atoms with van der Waals surface area (Å²) in [5, 5.41) is 12.2. The van der Waals surface area contributed by atoms with Crippen LogP contribution >= 0.6 is 11.3 Å². The van der Waals surface area contributed by atoms with Gasteiger partial charge in [0, 0.05) is 36.6 Å². The maximum absolute atomic E-state index is 12.9. The van der Waals surface area contributed by atoms with Gasteiger partial charge in [0.1, 0.15) is 11.6 Å². The van der Waals surface area contributed by atoms with Gasteiger partial charge in [0.15, 0.2) is 11.5 Å². The average molecular weight is 518 g/mol. The van der Waals surface area contributed by atoms with Crippen LogP contribution in [0.15, 0.2) is 73.1 Å². The van der Waals surface area contributed by atoms with E-state index in [1.54, 1.807) is 37.7 Å². The molecule has 190 valence electrons. The van der Waals surface area contributed by atoms with Gasteiger partial charge in [-0.05, 0) is 35.9 Å². The highest BCUT2D eigenvalue weighted by Gasteiger charge is 2.24. The summed E-state index contributed by atoms with van der Waals surface area (Å²) in [4.78, 5) is 19.3. The number of pyridine rings is 1. The van der Waals surface area contributed by atoms with E-state index >= 15 is 0 Å². The molecule has 1 fully saturated rings. The van der Waals surface area contributed by atoms with Gasteiger partial charge in [-0.15, -0.1) is 10.2 Å². The summed E-state index contributed by atoms with van der Waals surface area (Å²) < 4.78 is 17.3. The molecular formula is C27H27N5O4S. The van der Waals surface area contributed by atoms with E-state index in [0.717, 1.165) is 18.7 Å². The van der Waals surface area contributed by atoms with E-state index in [-0.39, 0.29) is 11.9 Å². The third-order valence-corrected chi connectivity index (χ3v) is 6.95. The average Bonchev–Trinajstić information content (AvgIpc) is 3.43. The molecule has 0 unspecified atom stereocenters. The number of carbonyl (C=O) groups is 1. The molecule has 1 saturated heterocycles. The zero-order valence-electron chi connectivity index (χ0n) is 20.4. The highest BCUT2D eigenvalue weighted by atomic mass is 32.1. The van der Waals surface area contributed by atoms with Crippen molar-refractivity contribution in [1.29, 1.82) is 0 Å². The number of aromatic nitrogens is 3. The molecule has 3 heterocycles. The Morgan fingerprint density at radius 1 is 1.05 bits per heavy atom. The van der Waals surface area contributed by atoms with E-state index in [9.17, 15) is 4.79 Å². The molecule has 1 aliphatic rings. The van der Waals surface area contributed by atoms with Gasteiger partial charge >= 0.3 is 0 Å². The fourth-order valence-electron chi connectivity index (χ4n) is 4.13. The number of rotatable bonds is 9. The molecule has 37 heavy (non-hydrogen) atoms. The molecule has 0 saturated carbocycles. The van der Waals surface area contributed by atoms with E-state index in [1.807, 2.05) is 30.3 Å². The van der Waals surface area contributed by atoms with E-state index in [0.29, 0.717) is 47.0 Å². The number of benzene rings is 2. The van der Waals surface area contributed by atoms with Gasteiger partial charge in [-0.3, -0.25) is 20.0 Å². The normalized spacial score (nSPS) is 14.6. The van der Waals surface area contributed by atoms with Crippen molar-refractivity contribution < 1.29 is 19.0 Å². The predicted octanol–water partition coefficient (Wildman–Crippen LogP) is 4.31. The third-order valence-electron chi connectivity index (χ3n) is 6.07. The molecule has 0 bridgehead atoms. The second-order valence-electron chi connectivity index (χ2n) is 8.35. The highest BCUT2D eigenvalue weighted by Crippen LogP contribution is 2.31. The molecule has 1 amide bonds. The lowest BCUT2D eigenvalue weighted by Crippen LogP contribution is -2.41. The van der Waals surface area contributed by atoms with Crippen molar-refractivity contribution in [2.24, 2.45) is 0 Å². The Labute approximate surface area is 219 Å². The SMILES string of the molecule is COc1cc(C(=O)Nc2nnc(-c3ccncc3)s2)ccc1OC[C@@H](c1ccccc1)N1CCOCC1. The Hall–Kier alpha value is -3.86. The van der Waals surface area contributed by atoms with Crippen molar-refractivity contribution in [3.05, 3.63) is 84.2 Å². The van der Waals surface area contributed by atoms with Crippen molar-refractivity contribution in [3.8, 4) is 22.1 Å². The molecule has 10 heteroatoms. The van der Waals surface area contributed by atoms with Gasteiger partial charge in [0.2, 0.25) is 5.13 Å². The first kappa shape index (κ1) is 24.8. The zero-order chi connectivity index (χ0) is 25.5. The van der Waals surface area contributed by atoms with Gasteiger partial charge < -0.3 is 14.2 Å². The summed E-state index contributed by atoms with van der Waals surface area (Å²) in [6.45, 7) is 3.53. The topological polar surface area (TPSA) is 98.7 Å². The zero-order valence-corrected chi connectivity index (χ0v) is 21.2. The number of hydrogen-bond acceptors (Lipinski definition) is 9. The summed E-state index contributed by atoms with van der Waals surface area (Å²) in [6, 6.07) is 19.2. The molecule has 0 spiro atoms. The summed E-state index contributed by atoms with van der Waals surface area (Å²) in [5.41, 5.74) is 2.50. The van der Waals surface area contributed by atoms with Crippen LogP contribution in [0.5, 0.6) is 11.5 Å². The number of morpholine rings is 1. The first-order valence-electron chi connectivity index (χ1n) is 11.9. The molecule has 1 aliphatic heterocycles. The fourth-order valence-corrected chi connectivity index (χ4v) is 4.87. The summed E-state index contributed by atoms with van der Waals surface area (Å²) in [5.74, 6) is 0.748. The van der Waals surface area contributed by atoms with Crippen LogP contribution < -0.4 is 14.8 Å². The van der Waals surface area contributed by atoms with Crippen LogP contribution in [0.1, 0.15) is 22.0 Å². The predicted molar refractivity (Wildman–Crippen MR) is 141 cm³/mol. The Morgan fingerprint density at radius 2 is 1.84 bits per heavy atom. The molecule has 4 aromatic rings. The molecule has 2 aromatic carbocycles. The maximum Gasteiger partial charge on any atom is 0.257 e. The quantitative estimate of drug-likeness (QED) is 0.351. The monoisotopic (exact) mass is 517 g/mol. The Kier molecular flexibility index (Phi) is 7.99. The first-order valence-corrected chi connectivity index (χ1v) is 12.8. The number of nitrogens with one attached hydrogen (secondary N) is 1. The molecule has 0 aliphatic carbocycles. The standard InChI is InChI=1S/C27H27N5O4S/c1-34-24-17-21(25(33)29-27-31-30-26(37-27)20-9-11-28-12-10-20)7-8-23(24)36-18-22(19-5-3-2-4-6-19)32-13-15-35-16-14-32/h2-12,17,22H,13-16,18H2,1H3,(H,29,31,33)/t22-/m0/s1. The van der Waals surface area contributed by atoms with Crippen LogP contribution in [0, 0.1) is 0 Å². The smallest absolute Gasteiger partial charge is 0.257 e. The van der Waals surface area contributed by atoms with E-state index < -0.39 is 0 Å². The Balaban J connectivity index is 1.27. The number of carbonyl (C=O) groups excluding carboxylic acids is 1. The first-order chi connectivity index (χ1) is 18.2. The van der Waals surface area contributed by atoms with Gasteiger partial charge in [-0.25, -0.2) is 0 Å². The van der Waals surface area contributed by atoms with Gasteiger partial charge in [-0.1, -0.05) is 41.7 Å². The van der Waals surface area contributed by atoms with Crippen LogP contribution in [0.3, 0.4) is 0 Å². The Morgan fingerprint density at radius 3 is 2.59 bits per heavy atom. The molecule has 9 nitrogen and oxygen atoms in total. The van der Waals surface area contributed by atoms with Crippen LogP contribution in [0.25, 0.3) is 10.6 Å². The number of methoxy groups -OCH3 is 1. The molecule has 2 aromatic heterocycles. The largest absolute Gasteiger partial charge is 0.493 e. The van der Waals surface area contributed by atoms with E-state index in [4.69, 9.17) is 14.2 Å². The van der Waals surface area contributed by atoms with E-state index in [2.05, 4.69) is 37.5 Å². The summed E-state index contributed by atoms with van der Waals surface area (Å²) >= 11 is 1.29.